The van der Waals surface area contributed by atoms with Crippen molar-refractivity contribution in [3.63, 3.8) is 0 Å². The van der Waals surface area contributed by atoms with Crippen molar-refractivity contribution < 1.29 is 4.79 Å². The van der Waals surface area contributed by atoms with Gasteiger partial charge in [-0.05, 0) is 13.0 Å². The third-order valence-electron chi connectivity index (χ3n) is 2.79. The van der Waals surface area contributed by atoms with Gasteiger partial charge in [0.15, 0.2) is 0 Å². The molecule has 2 rings (SSSR count). The first kappa shape index (κ1) is 8.97. The highest BCUT2D eigenvalue weighted by Gasteiger charge is 2.26. The summed E-state index contributed by atoms with van der Waals surface area (Å²) in [5.74, 6) is 0.341. The van der Waals surface area contributed by atoms with Crippen LogP contribution in [-0.2, 0) is 4.79 Å². The Labute approximate surface area is 78.7 Å². The maximum absolute atomic E-state index is 11.7. The lowest BCUT2D eigenvalue weighted by molar-refractivity contribution is -0.134. The van der Waals surface area contributed by atoms with E-state index in [0.29, 0.717) is 18.4 Å². The van der Waals surface area contributed by atoms with Gasteiger partial charge in [0.05, 0.1) is 6.04 Å². The number of carbonyl (C=O) groups is 1. The van der Waals surface area contributed by atoms with Crippen molar-refractivity contribution >= 4 is 5.91 Å². The Hall–Kier alpha value is -0.610. The third-order valence-corrected chi connectivity index (χ3v) is 2.79. The number of nitrogens with zero attached hydrogens (tertiary/aromatic N) is 1. The maximum Gasteiger partial charge on any atom is 0.222 e. The van der Waals surface area contributed by atoms with Crippen LogP contribution in [0.15, 0.2) is 0 Å². The van der Waals surface area contributed by atoms with E-state index in [-0.39, 0.29) is 0 Å². The second kappa shape index (κ2) is 4.07. The standard InChI is InChI=1S/C9H17N3O/c13-9-2-1-3-10-6-8-7-11-4-5-12(8)9/h8,10-11H,1-7H2. The zero-order chi connectivity index (χ0) is 9.10. The zero-order valence-electron chi connectivity index (χ0n) is 7.88. The van der Waals surface area contributed by atoms with Crippen LogP contribution in [-0.4, -0.2) is 49.6 Å². The van der Waals surface area contributed by atoms with E-state index < -0.39 is 0 Å². The van der Waals surface area contributed by atoms with Gasteiger partial charge in [-0.2, -0.15) is 0 Å². The summed E-state index contributed by atoms with van der Waals surface area (Å²) in [5.41, 5.74) is 0. The fourth-order valence-electron chi connectivity index (χ4n) is 2.05. The van der Waals surface area contributed by atoms with Gasteiger partial charge in [0.2, 0.25) is 5.91 Å². The Kier molecular flexibility index (Phi) is 2.80. The second-order valence-corrected chi connectivity index (χ2v) is 3.75. The molecular weight excluding hydrogens is 166 g/mol. The van der Waals surface area contributed by atoms with Crippen molar-refractivity contribution in [1.82, 2.24) is 15.5 Å². The molecule has 1 atom stereocenters. The summed E-state index contributed by atoms with van der Waals surface area (Å²) >= 11 is 0. The van der Waals surface area contributed by atoms with Gasteiger partial charge < -0.3 is 15.5 Å². The molecule has 4 heteroatoms. The summed E-state index contributed by atoms with van der Waals surface area (Å²) in [6, 6.07) is 0.376. The molecule has 1 unspecified atom stereocenters. The minimum absolute atomic E-state index is 0.341. The molecule has 4 nitrogen and oxygen atoms in total. The Morgan fingerprint density at radius 2 is 2.00 bits per heavy atom. The van der Waals surface area contributed by atoms with Crippen LogP contribution in [0.3, 0.4) is 0 Å². The van der Waals surface area contributed by atoms with E-state index in [1.54, 1.807) is 0 Å². The van der Waals surface area contributed by atoms with Crippen LogP contribution in [0.1, 0.15) is 12.8 Å². The predicted molar refractivity (Wildman–Crippen MR) is 50.5 cm³/mol. The SMILES string of the molecule is O=C1CCCNCC2CNCCN12. The number of nitrogens with one attached hydrogen (secondary N) is 2. The summed E-state index contributed by atoms with van der Waals surface area (Å²) < 4.78 is 0. The zero-order valence-corrected chi connectivity index (χ0v) is 7.88. The molecule has 0 aliphatic carbocycles. The lowest BCUT2D eigenvalue weighted by atomic mass is 10.1. The van der Waals surface area contributed by atoms with Crippen LogP contribution in [0.25, 0.3) is 0 Å². The molecule has 0 aromatic heterocycles. The number of piperazine rings is 1. The molecule has 2 N–H and O–H groups in total. The number of amides is 1. The van der Waals surface area contributed by atoms with Gasteiger partial charge in [-0.15, -0.1) is 0 Å². The fourth-order valence-corrected chi connectivity index (χ4v) is 2.05. The van der Waals surface area contributed by atoms with Gasteiger partial charge in [-0.1, -0.05) is 0 Å². The normalized spacial score (nSPS) is 30.6. The summed E-state index contributed by atoms with van der Waals surface area (Å²) in [6.45, 7) is 4.70. The average Bonchev–Trinajstić information content (AvgIpc) is 2.14. The largest absolute Gasteiger partial charge is 0.336 e. The number of hydrogen-bond acceptors (Lipinski definition) is 3. The van der Waals surface area contributed by atoms with E-state index in [9.17, 15) is 4.79 Å². The number of rotatable bonds is 0. The average molecular weight is 183 g/mol. The van der Waals surface area contributed by atoms with Crippen LogP contribution in [0.4, 0.5) is 0 Å². The van der Waals surface area contributed by atoms with E-state index in [0.717, 1.165) is 39.1 Å². The quantitative estimate of drug-likeness (QED) is 0.515. The topological polar surface area (TPSA) is 44.4 Å². The highest BCUT2D eigenvalue weighted by atomic mass is 16.2. The summed E-state index contributed by atoms with van der Waals surface area (Å²) in [4.78, 5) is 13.7. The molecule has 0 spiro atoms. The first-order chi connectivity index (χ1) is 6.38. The highest BCUT2D eigenvalue weighted by Crippen LogP contribution is 2.08. The minimum Gasteiger partial charge on any atom is -0.336 e. The molecule has 74 valence electrons. The molecule has 0 radical (unpaired) electrons. The van der Waals surface area contributed by atoms with Crippen molar-refractivity contribution in [2.75, 3.05) is 32.7 Å². The molecule has 1 amide bonds. The molecular formula is C9H17N3O. The van der Waals surface area contributed by atoms with Gasteiger partial charge in [0.25, 0.3) is 0 Å². The summed E-state index contributed by atoms with van der Waals surface area (Å²) in [6.07, 6.45) is 1.69. The van der Waals surface area contributed by atoms with Crippen molar-refractivity contribution in [3.8, 4) is 0 Å². The van der Waals surface area contributed by atoms with Crippen LogP contribution in [0.5, 0.6) is 0 Å². The highest BCUT2D eigenvalue weighted by molar-refractivity contribution is 5.76. The van der Waals surface area contributed by atoms with E-state index in [4.69, 9.17) is 0 Å². The summed E-state index contributed by atoms with van der Waals surface area (Å²) in [7, 11) is 0. The smallest absolute Gasteiger partial charge is 0.222 e. The molecule has 2 fully saturated rings. The van der Waals surface area contributed by atoms with Gasteiger partial charge in [-0.25, -0.2) is 0 Å². The van der Waals surface area contributed by atoms with Gasteiger partial charge in [0, 0.05) is 32.6 Å². The van der Waals surface area contributed by atoms with Crippen molar-refractivity contribution in [3.05, 3.63) is 0 Å². The van der Waals surface area contributed by atoms with Crippen LogP contribution in [0.2, 0.25) is 0 Å². The molecule has 0 bridgehead atoms. The molecule has 0 aromatic carbocycles. The number of fused-ring (bicyclic) bond motifs is 1. The minimum atomic E-state index is 0.341. The Balaban J connectivity index is 2.02. The molecule has 2 heterocycles. The second-order valence-electron chi connectivity index (χ2n) is 3.75. The molecule has 2 saturated heterocycles. The van der Waals surface area contributed by atoms with Gasteiger partial charge in [0.1, 0.15) is 0 Å². The van der Waals surface area contributed by atoms with Gasteiger partial charge in [-0.3, -0.25) is 4.79 Å². The maximum atomic E-state index is 11.7. The lowest BCUT2D eigenvalue weighted by Gasteiger charge is -2.37. The van der Waals surface area contributed by atoms with E-state index >= 15 is 0 Å². The van der Waals surface area contributed by atoms with E-state index in [2.05, 4.69) is 10.6 Å². The van der Waals surface area contributed by atoms with Crippen molar-refractivity contribution in [2.45, 2.75) is 18.9 Å². The van der Waals surface area contributed by atoms with Gasteiger partial charge >= 0.3 is 0 Å². The predicted octanol–water partition coefficient (Wildman–Crippen LogP) is -0.830. The first-order valence-corrected chi connectivity index (χ1v) is 5.09. The molecule has 0 saturated carbocycles. The van der Waals surface area contributed by atoms with Crippen molar-refractivity contribution in [2.24, 2.45) is 0 Å². The van der Waals surface area contributed by atoms with E-state index in [1.165, 1.54) is 0 Å². The Morgan fingerprint density at radius 3 is 2.85 bits per heavy atom. The molecule has 2 aliphatic rings. The first-order valence-electron chi connectivity index (χ1n) is 5.09. The monoisotopic (exact) mass is 183 g/mol. The van der Waals surface area contributed by atoms with Crippen LogP contribution >= 0.6 is 0 Å². The van der Waals surface area contributed by atoms with E-state index in [1.807, 2.05) is 4.90 Å². The van der Waals surface area contributed by atoms with Crippen LogP contribution < -0.4 is 10.6 Å². The lowest BCUT2D eigenvalue weighted by Crippen LogP contribution is -2.58. The molecule has 13 heavy (non-hydrogen) atoms. The summed E-state index contributed by atoms with van der Waals surface area (Å²) in [5, 5.41) is 6.69. The molecule has 2 aliphatic heterocycles. The molecule has 0 aromatic rings. The number of hydrogen-bond donors (Lipinski definition) is 2. The fraction of sp³-hybridized carbons (Fsp3) is 0.889. The Morgan fingerprint density at radius 1 is 1.23 bits per heavy atom. The van der Waals surface area contributed by atoms with Crippen LogP contribution in [0, 0.1) is 0 Å². The van der Waals surface area contributed by atoms with Crippen molar-refractivity contribution in [1.29, 1.82) is 0 Å². The number of carbonyl (C=O) groups excluding carboxylic acids is 1. The Bertz CT molecular complexity index is 195. The third kappa shape index (κ3) is 2.00.